The topological polar surface area (TPSA) is 53.7 Å². The minimum Gasteiger partial charge on any atom is -0.450 e. The summed E-state index contributed by atoms with van der Waals surface area (Å²) in [5.41, 5.74) is 0.664. The Morgan fingerprint density at radius 3 is 2.65 bits per heavy atom. The summed E-state index contributed by atoms with van der Waals surface area (Å²) in [7, 11) is 0. The van der Waals surface area contributed by atoms with Gasteiger partial charge in [-0.1, -0.05) is 12.1 Å². The molecular weight excluding hydrogens is 322 g/mol. The van der Waals surface area contributed by atoms with Gasteiger partial charge < -0.3 is 14.4 Å². The van der Waals surface area contributed by atoms with Crippen LogP contribution in [0.2, 0.25) is 0 Å². The van der Waals surface area contributed by atoms with Gasteiger partial charge in [0.1, 0.15) is 5.58 Å². The lowest BCUT2D eigenvalue weighted by molar-refractivity contribution is 0.0551. The first-order valence-electron chi connectivity index (χ1n) is 6.57. The number of aliphatic hydroxyl groups is 1. The van der Waals surface area contributed by atoms with E-state index in [1.165, 1.54) is 0 Å². The van der Waals surface area contributed by atoms with Crippen LogP contribution in [0.5, 0.6) is 0 Å². The number of hydrogen-bond acceptors (Lipinski definition) is 3. The number of carbonyl (C=O) groups is 1. The normalized spacial score (nSPS) is 12.9. The van der Waals surface area contributed by atoms with E-state index in [4.69, 9.17) is 4.42 Å². The number of fused-ring (bicyclic) bond motifs is 1. The van der Waals surface area contributed by atoms with Crippen molar-refractivity contribution in [1.82, 2.24) is 4.90 Å². The van der Waals surface area contributed by atoms with Crippen LogP contribution in [-0.4, -0.2) is 34.6 Å². The van der Waals surface area contributed by atoms with Gasteiger partial charge in [-0.3, -0.25) is 4.79 Å². The molecule has 1 aromatic heterocycles. The summed E-state index contributed by atoms with van der Waals surface area (Å²) in [6.45, 7) is 5.78. The highest BCUT2D eigenvalue weighted by molar-refractivity contribution is 9.10. The highest BCUT2D eigenvalue weighted by Gasteiger charge is 2.23. The van der Waals surface area contributed by atoms with E-state index < -0.39 is 6.10 Å². The third kappa shape index (κ3) is 3.04. The van der Waals surface area contributed by atoms with Crippen molar-refractivity contribution in [1.29, 1.82) is 0 Å². The Morgan fingerprint density at radius 2 is 2.10 bits per heavy atom. The molecule has 5 heteroatoms. The van der Waals surface area contributed by atoms with Gasteiger partial charge in [0.2, 0.25) is 0 Å². The molecule has 0 aliphatic rings. The van der Waals surface area contributed by atoms with Crippen molar-refractivity contribution in [3.63, 3.8) is 0 Å². The predicted octanol–water partition coefficient (Wildman–Crippen LogP) is 3.43. The molecule has 0 aliphatic carbocycles. The number of amides is 1. The lowest BCUT2D eigenvalue weighted by Crippen LogP contribution is -2.41. The van der Waals surface area contributed by atoms with Gasteiger partial charge in [0.05, 0.1) is 10.6 Å². The van der Waals surface area contributed by atoms with Crippen LogP contribution in [0, 0.1) is 0 Å². The van der Waals surface area contributed by atoms with Crippen molar-refractivity contribution in [3.05, 3.63) is 34.5 Å². The van der Waals surface area contributed by atoms with E-state index in [1.54, 1.807) is 17.9 Å². The molecule has 1 aromatic carbocycles. The van der Waals surface area contributed by atoms with Crippen molar-refractivity contribution in [2.24, 2.45) is 0 Å². The van der Waals surface area contributed by atoms with E-state index in [0.717, 1.165) is 9.86 Å². The lowest BCUT2D eigenvalue weighted by Gasteiger charge is -2.26. The van der Waals surface area contributed by atoms with Crippen LogP contribution in [0.1, 0.15) is 31.3 Å². The summed E-state index contributed by atoms with van der Waals surface area (Å²) in [4.78, 5) is 14.1. The summed E-state index contributed by atoms with van der Waals surface area (Å²) in [6, 6.07) is 7.39. The monoisotopic (exact) mass is 339 g/mol. The van der Waals surface area contributed by atoms with E-state index >= 15 is 0 Å². The SMILES string of the molecule is CC(O)CN(C(=O)c1cc2cccc(Br)c2o1)C(C)C. The molecule has 108 valence electrons. The Bertz CT molecular complexity index is 619. The Morgan fingerprint density at radius 1 is 1.40 bits per heavy atom. The third-order valence-corrected chi connectivity index (χ3v) is 3.68. The van der Waals surface area contributed by atoms with Gasteiger partial charge in [0.15, 0.2) is 5.76 Å². The van der Waals surface area contributed by atoms with E-state index in [1.807, 2.05) is 32.0 Å². The van der Waals surface area contributed by atoms with Gasteiger partial charge in [0, 0.05) is 18.0 Å². The number of benzene rings is 1. The first-order valence-corrected chi connectivity index (χ1v) is 7.36. The molecule has 0 saturated carbocycles. The molecule has 4 nitrogen and oxygen atoms in total. The minimum absolute atomic E-state index is 0.00578. The van der Waals surface area contributed by atoms with Crippen LogP contribution in [-0.2, 0) is 0 Å². The average molecular weight is 340 g/mol. The van der Waals surface area contributed by atoms with Gasteiger partial charge in [-0.15, -0.1) is 0 Å². The summed E-state index contributed by atoms with van der Waals surface area (Å²) >= 11 is 3.41. The quantitative estimate of drug-likeness (QED) is 0.928. The molecular formula is C15H18BrNO3. The van der Waals surface area contributed by atoms with Crippen LogP contribution >= 0.6 is 15.9 Å². The molecule has 20 heavy (non-hydrogen) atoms. The number of aliphatic hydroxyl groups excluding tert-OH is 1. The number of rotatable bonds is 4. The number of hydrogen-bond donors (Lipinski definition) is 1. The van der Waals surface area contributed by atoms with Crippen molar-refractivity contribution in [2.75, 3.05) is 6.54 Å². The van der Waals surface area contributed by atoms with E-state index in [0.29, 0.717) is 11.3 Å². The molecule has 0 bridgehead atoms. The zero-order valence-electron chi connectivity index (χ0n) is 11.8. The molecule has 1 N–H and O–H groups in total. The van der Waals surface area contributed by atoms with Crippen LogP contribution in [0.15, 0.2) is 33.2 Å². The van der Waals surface area contributed by atoms with Crippen LogP contribution in [0.4, 0.5) is 0 Å². The van der Waals surface area contributed by atoms with Gasteiger partial charge in [-0.2, -0.15) is 0 Å². The Balaban J connectivity index is 2.36. The lowest BCUT2D eigenvalue weighted by atomic mass is 10.2. The maximum atomic E-state index is 12.5. The molecule has 1 unspecified atom stereocenters. The van der Waals surface area contributed by atoms with E-state index in [9.17, 15) is 9.90 Å². The van der Waals surface area contributed by atoms with Gasteiger partial charge in [0.25, 0.3) is 5.91 Å². The molecule has 0 radical (unpaired) electrons. The zero-order valence-corrected chi connectivity index (χ0v) is 13.3. The van der Waals surface area contributed by atoms with Crippen LogP contribution < -0.4 is 0 Å². The summed E-state index contributed by atoms with van der Waals surface area (Å²) in [6.07, 6.45) is -0.572. The first-order chi connectivity index (χ1) is 9.40. The molecule has 1 amide bonds. The number of carbonyl (C=O) groups excluding carboxylic acids is 1. The molecule has 1 atom stereocenters. The van der Waals surface area contributed by atoms with Crippen molar-refractivity contribution < 1.29 is 14.3 Å². The second kappa shape index (κ2) is 5.97. The fourth-order valence-corrected chi connectivity index (χ4v) is 2.55. The molecule has 2 aromatic rings. The van der Waals surface area contributed by atoms with Gasteiger partial charge in [-0.05, 0) is 48.8 Å². The second-order valence-electron chi connectivity index (χ2n) is 5.17. The smallest absolute Gasteiger partial charge is 0.289 e. The molecule has 1 heterocycles. The van der Waals surface area contributed by atoms with E-state index in [2.05, 4.69) is 15.9 Å². The fraction of sp³-hybridized carbons (Fsp3) is 0.400. The number of furan rings is 1. The largest absolute Gasteiger partial charge is 0.450 e. The predicted molar refractivity (Wildman–Crippen MR) is 81.8 cm³/mol. The molecule has 0 saturated heterocycles. The highest BCUT2D eigenvalue weighted by Crippen LogP contribution is 2.27. The highest BCUT2D eigenvalue weighted by atomic mass is 79.9. The molecule has 0 aliphatic heterocycles. The Labute approximate surface area is 126 Å². The maximum absolute atomic E-state index is 12.5. The van der Waals surface area contributed by atoms with Crippen LogP contribution in [0.3, 0.4) is 0 Å². The summed E-state index contributed by atoms with van der Waals surface area (Å²) < 4.78 is 6.47. The van der Waals surface area contributed by atoms with Crippen LogP contribution in [0.25, 0.3) is 11.0 Å². The van der Waals surface area contributed by atoms with Gasteiger partial charge in [-0.25, -0.2) is 0 Å². The molecule has 0 fully saturated rings. The third-order valence-electron chi connectivity index (χ3n) is 3.05. The number of para-hydroxylation sites is 1. The first kappa shape index (κ1) is 15.1. The Hall–Kier alpha value is -1.33. The number of nitrogens with zero attached hydrogens (tertiary/aromatic N) is 1. The van der Waals surface area contributed by atoms with Crippen molar-refractivity contribution >= 4 is 32.8 Å². The zero-order chi connectivity index (χ0) is 14.9. The second-order valence-corrected chi connectivity index (χ2v) is 6.02. The minimum atomic E-state index is -0.572. The van der Waals surface area contributed by atoms with Gasteiger partial charge >= 0.3 is 0 Å². The summed E-state index contributed by atoms with van der Waals surface area (Å²) in [5.74, 6) is 0.0882. The van der Waals surface area contributed by atoms with Crippen molar-refractivity contribution in [3.8, 4) is 0 Å². The molecule has 0 spiro atoms. The Kier molecular flexibility index (Phi) is 4.50. The fourth-order valence-electron chi connectivity index (χ4n) is 2.09. The molecule has 2 rings (SSSR count). The maximum Gasteiger partial charge on any atom is 0.289 e. The average Bonchev–Trinajstić information content (AvgIpc) is 2.80. The van der Waals surface area contributed by atoms with Crippen molar-refractivity contribution in [2.45, 2.75) is 32.9 Å². The standard InChI is InChI=1S/C15H18BrNO3/c1-9(2)17(8-10(3)18)15(19)13-7-11-5-4-6-12(16)14(11)20-13/h4-7,9-10,18H,8H2,1-3H3. The van der Waals surface area contributed by atoms with E-state index in [-0.39, 0.29) is 18.5 Å². The summed E-state index contributed by atoms with van der Waals surface area (Å²) in [5, 5.41) is 10.4. The number of halogens is 1.